The second kappa shape index (κ2) is 13.0. The smallest absolute Gasteiger partial charge is 0.406 e. The maximum atomic E-state index is 14.7. The van der Waals surface area contributed by atoms with Crippen molar-refractivity contribution in [3.8, 4) is 5.75 Å². The third-order valence-corrected chi connectivity index (χ3v) is 7.96. The Morgan fingerprint density at radius 3 is 2.48 bits per heavy atom. The lowest BCUT2D eigenvalue weighted by Gasteiger charge is -2.38. The van der Waals surface area contributed by atoms with E-state index in [1.54, 1.807) is 31.2 Å². The van der Waals surface area contributed by atoms with E-state index < -0.39 is 35.5 Å². The first-order chi connectivity index (χ1) is 19.0. The lowest BCUT2D eigenvalue weighted by molar-refractivity contribution is -0.274. The Morgan fingerprint density at radius 1 is 1.12 bits per heavy atom. The molecule has 2 heterocycles. The van der Waals surface area contributed by atoms with Gasteiger partial charge in [-0.05, 0) is 29.8 Å². The fourth-order valence-corrected chi connectivity index (χ4v) is 5.79. The summed E-state index contributed by atoms with van der Waals surface area (Å²) in [6, 6.07) is 8.53. The number of hydrogen-bond acceptors (Lipinski definition) is 6. The lowest BCUT2D eigenvalue weighted by atomic mass is 9.90. The van der Waals surface area contributed by atoms with Crippen molar-refractivity contribution in [1.29, 1.82) is 0 Å². The van der Waals surface area contributed by atoms with E-state index in [0.29, 0.717) is 18.8 Å². The van der Waals surface area contributed by atoms with Gasteiger partial charge < -0.3 is 19.3 Å². The Hall–Kier alpha value is -3.18. The van der Waals surface area contributed by atoms with E-state index >= 15 is 0 Å². The molecule has 0 spiro atoms. The van der Waals surface area contributed by atoms with Gasteiger partial charge in [-0.25, -0.2) is 18.4 Å². The molecule has 1 saturated heterocycles. The van der Waals surface area contributed by atoms with Gasteiger partial charge in [0.2, 0.25) is 0 Å². The molecule has 214 valence electrons. The summed E-state index contributed by atoms with van der Waals surface area (Å²) >= 11 is 0. The summed E-state index contributed by atoms with van der Waals surface area (Å²) in [5.74, 6) is -1.89. The summed E-state index contributed by atoms with van der Waals surface area (Å²) in [7, 11) is 0.115. The summed E-state index contributed by atoms with van der Waals surface area (Å²) < 4.78 is 81.9. The molecule has 3 atom stereocenters. The molecule has 0 amide bonds. The maximum Gasteiger partial charge on any atom is 0.573 e. The van der Waals surface area contributed by atoms with Crippen molar-refractivity contribution < 1.29 is 41.3 Å². The van der Waals surface area contributed by atoms with Gasteiger partial charge in [0.1, 0.15) is 35.6 Å². The molecule has 3 aromatic rings. The van der Waals surface area contributed by atoms with E-state index in [0.717, 1.165) is 12.1 Å². The van der Waals surface area contributed by atoms with Crippen LogP contribution in [0.4, 0.5) is 22.0 Å². The highest BCUT2D eigenvalue weighted by atomic mass is 31.1. The number of benzene rings is 2. The van der Waals surface area contributed by atoms with Gasteiger partial charge in [0.25, 0.3) is 0 Å². The monoisotopic (exact) mass is 583 g/mol. The molecule has 7 nitrogen and oxygen atoms in total. The number of halogens is 5. The van der Waals surface area contributed by atoms with Crippen molar-refractivity contribution in [1.82, 2.24) is 14.8 Å². The molecule has 2 aromatic carbocycles. The van der Waals surface area contributed by atoms with Gasteiger partial charge in [-0.1, -0.05) is 43.4 Å². The van der Waals surface area contributed by atoms with Crippen molar-refractivity contribution in [3.63, 3.8) is 0 Å². The minimum atomic E-state index is -4.74. The van der Waals surface area contributed by atoms with Gasteiger partial charge in [0.15, 0.2) is 6.29 Å². The van der Waals surface area contributed by atoms with Crippen molar-refractivity contribution in [2.45, 2.75) is 43.0 Å². The number of nitrogens with zero attached hydrogens (tertiary/aromatic N) is 3. The molecule has 0 bridgehead atoms. The maximum absolute atomic E-state index is 14.7. The van der Waals surface area contributed by atoms with E-state index in [-0.39, 0.29) is 32.1 Å². The molecule has 1 aliphatic rings. The van der Waals surface area contributed by atoms with Gasteiger partial charge in [-0.2, -0.15) is 5.10 Å². The van der Waals surface area contributed by atoms with Crippen molar-refractivity contribution in [3.05, 3.63) is 96.1 Å². The number of allylic oxidation sites excluding steroid dienone is 2. The molecule has 1 aliphatic heterocycles. The Balaban J connectivity index is 1.31. The number of alkyl halides is 3. The van der Waals surface area contributed by atoms with Crippen molar-refractivity contribution in [2.75, 3.05) is 13.2 Å². The minimum Gasteiger partial charge on any atom is -0.406 e. The molecule has 0 aliphatic carbocycles. The average Bonchev–Trinajstić information content (AvgIpc) is 3.40. The molecule has 0 saturated carbocycles. The quantitative estimate of drug-likeness (QED) is 0.195. The molecule has 13 heteroatoms. The van der Waals surface area contributed by atoms with Crippen LogP contribution in [-0.2, 0) is 21.6 Å². The van der Waals surface area contributed by atoms with Crippen LogP contribution in [-0.4, -0.2) is 57.1 Å². The number of rotatable bonds is 10. The summed E-state index contributed by atoms with van der Waals surface area (Å²) in [6.45, 7) is 2.39. The molecule has 1 N–H and O–H groups in total. The molecule has 1 unspecified atom stereocenters. The third kappa shape index (κ3) is 8.17. The third-order valence-electron chi connectivity index (χ3n) is 6.17. The average molecular weight is 583 g/mol. The largest absolute Gasteiger partial charge is 0.573 e. The zero-order valence-corrected chi connectivity index (χ0v) is 22.3. The van der Waals surface area contributed by atoms with Crippen LogP contribution in [0.1, 0.15) is 18.1 Å². The lowest BCUT2D eigenvalue weighted by Crippen LogP contribution is -2.43. The van der Waals surface area contributed by atoms with Crippen LogP contribution < -0.4 is 4.74 Å². The van der Waals surface area contributed by atoms with Crippen molar-refractivity contribution in [2.24, 2.45) is 0 Å². The van der Waals surface area contributed by atoms with Crippen LogP contribution in [0.5, 0.6) is 5.75 Å². The van der Waals surface area contributed by atoms with E-state index in [2.05, 4.69) is 14.8 Å². The van der Waals surface area contributed by atoms with E-state index in [1.807, 2.05) is 0 Å². The van der Waals surface area contributed by atoms with Crippen LogP contribution in [0.15, 0.2) is 73.3 Å². The van der Waals surface area contributed by atoms with Gasteiger partial charge in [0.05, 0.1) is 19.8 Å². The Bertz CT molecular complexity index is 1300. The van der Waals surface area contributed by atoms with E-state index in [4.69, 9.17) is 9.47 Å². The van der Waals surface area contributed by atoms with Gasteiger partial charge in [-0.15, -0.1) is 21.8 Å². The van der Waals surface area contributed by atoms with Crippen LogP contribution in [0.2, 0.25) is 0 Å². The first-order valence-electron chi connectivity index (χ1n) is 12.2. The Morgan fingerprint density at radius 2 is 1.85 bits per heavy atom. The summed E-state index contributed by atoms with van der Waals surface area (Å²) in [6.07, 6.45) is 4.17. The van der Waals surface area contributed by atoms with Crippen molar-refractivity contribution >= 4 is 14.7 Å². The molecule has 0 radical (unpaired) electrons. The minimum absolute atomic E-state index is 0.0304. The normalized spacial score (nSPS) is 20.9. The molecule has 40 heavy (non-hydrogen) atoms. The number of ether oxygens (including phenoxy) is 3. The predicted octanol–water partition coefficient (Wildman–Crippen LogP) is 5.42. The summed E-state index contributed by atoms with van der Waals surface area (Å²) in [5, 5.41) is 15.7. The number of aromatic nitrogens is 3. The molecule has 1 aromatic heterocycles. The SMILES string of the molecule is C[C@@H](PC1COC(/C=C/C=C/c2ccc(OC(F)(F)F)cc2)OC1)[C@](O)(Cn1cncn1)c1ccc(F)cc1F. The highest BCUT2D eigenvalue weighted by Crippen LogP contribution is 2.42. The molecule has 1 fully saturated rings. The molecule has 4 rings (SSSR count). The predicted molar refractivity (Wildman–Crippen MR) is 139 cm³/mol. The van der Waals surface area contributed by atoms with Gasteiger partial charge >= 0.3 is 6.36 Å². The molecular weight excluding hydrogens is 556 g/mol. The van der Waals surface area contributed by atoms with Crippen LogP contribution >= 0.6 is 8.58 Å². The summed E-state index contributed by atoms with van der Waals surface area (Å²) in [4.78, 5) is 3.88. The Kier molecular flexibility index (Phi) is 9.68. The van der Waals surface area contributed by atoms with Crippen LogP contribution in [0.25, 0.3) is 6.08 Å². The van der Waals surface area contributed by atoms with Crippen LogP contribution in [0, 0.1) is 11.6 Å². The zero-order chi connectivity index (χ0) is 28.8. The Labute approximate surface area is 229 Å². The van der Waals surface area contributed by atoms with Gasteiger partial charge in [-0.3, -0.25) is 0 Å². The second-order valence-corrected chi connectivity index (χ2v) is 11.1. The standard InChI is InChI=1S/C27H27F5N3O4P/c1-18(26(36,15-35-17-33-16-34-35)23-11-8-20(28)12-24(23)29)40-22-13-37-25(38-14-22)5-3-2-4-19-6-9-21(10-7-19)39-27(30,31)32/h2-12,16-18,22,25,36,40H,13-15H2,1H3/b4-2+,5-3+/t18-,22?,25?,26-/m1/s1. The second-order valence-electron chi connectivity index (χ2n) is 9.12. The van der Waals surface area contributed by atoms with Crippen LogP contribution in [0.3, 0.4) is 0 Å². The zero-order valence-electron chi connectivity index (χ0n) is 21.3. The first-order valence-corrected chi connectivity index (χ1v) is 13.4. The number of aliphatic hydroxyl groups is 1. The highest BCUT2D eigenvalue weighted by molar-refractivity contribution is 7.40. The fourth-order valence-electron chi connectivity index (χ4n) is 4.18. The van der Waals surface area contributed by atoms with E-state index in [1.165, 1.54) is 47.7 Å². The molecular formula is C27H27F5N3O4P. The number of hydrogen-bond donors (Lipinski definition) is 1. The van der Waals surface area contributed by atoms with E-state index in [9.17, 15) is 27.1 Å². The topological polar surface area (TPSA) is 78.6 Å². The van der Waals surface area contributed by atoms with Gasteiger partial charge in [0, 0.05) is 22.9 Å². The fraction of sp³-hybridized carbons (Fsp3) is 0.333. The first kappa shape index (κ1) is 29.8. The highest BCUT2D eigenvalue weighted by Gasteiger charge is 2.40. The summed E-state index contributed by atoms with van der Waals surface area (Å²) in [5.41, 5.74) is -1.58.